The van der Waals surface area contributed by atoms with E-state index in [0.717, 1.165) is 4.31 Å². The highest BCUT2D eigenvalue weighted by atomic mass is 79.9. The lowest BCUT2D eigenvalue weighted by Gasteiger charge is -2.25. The smallest absolute Gasteiger partial charge is 0.318 e. The van der Waals surface area contributed by atoms with Gasteiger partial charge in [-0.25, -0.2) is 8.42 Å². The van der Waals surface area contributed by atoms with Crippen molar-refractivity contribution in [2.45, 2.75) is 24.8 Å². The number of sulfonamides is 1. The van der Waals surface area contributed by atoms with E-state index >= 15 is 0 Å². The lowest BCUT2D eigenvalue weighted by Crippen LogP contribution is -2.40. The molecule has 0 saturated carbocycles. The van der Waals surface area contributed by atoms with Crippen LogP contribution in [0.2, 0.25) is 5.02 Å². The van der Waals surface area contributed by atoms with Gasteiger partial charge in [0.15, 0.2) is 5.75 Å². The van der Waals surface area contributed by atoms with Gasteiger partial charge in [-0.2, -0.15) is 4.31 Å². The van der Waals surface area contributed by atoms with Crippen LogP contribution in [0.3, 0.4) is 0 Å². The molecule has 0 unspecified atom stereocenters. The summed E-state index contributed by atoms with van der Waals surface area (Å²) < 4.78 is 31.7. The van der Waals surface area contributed by atoms with Crippen molar-refractivity contribution in [2.24, 2.45) is 0 Å². The van der Waals surface area contributed by atoms with Crippen LogP contribution in [0.5, 0.6) is 5.75 Å². The van der Waals surface area contributed by atoms with Gasteiger partial charge in [-0.15, -0.1) is 0 Å². The molecule has 0 saturated heterocycles. The number of carboxylic acid groups (broad SMARTS) is 1. The Kier molecular flexibility index (Phi) is 6.03. The molecule has 1 rings (SSSR count). The first-order valence-electron chi connectivity index (χ1n) is 5.88. The van der Waals surface area contributed by atoms with Crippen molar-refractivity contribution in [1.82, 2.24) is 4.31 Å². The summed E-state index contributed by atoms with van der Waals surface area (Å²) in [6, 6.07) is 2.20. The molecular formula is C12H15BrClNO5S. The highest BCUT2D eigenvalue weighted by Gasteiger charge is 2.32. The van der Waals surface area contributed by atoms with E-state index in [4.69, 9.17) is 21.4 Å². The predicted octanol–water partition coefficient (Wildman–Crippen LogP) is 2.59. The monoisotopic (exact) mass is 399 g/mol. The molecule has 0 aliphatic rings. The number of rotatable bonds is 6. The van der Waals surface area contributed by atoms with Gasteiger partial charge in [0.05, 0.1) is 11.6 Å². The molecule has 0 amide bonds. The highest BCUT2D eigenvalue weighted by Crippen LogP contribution is 2.37. The molecule has 118 valence electrons. The highest BCUT2D eigenvalue weighted by molar-refractivity contribution is 9.10. The number of carboxylic acids is 1. The van der Waals surface area contributed by atoms with Gasteiger partial charge < -0.3 is 9.84 Å². The van der Waals surface area contributed by atoms with Gasteiger partial charge >= 0.3 is 5.97 Å². The van der Waals surface area contributed by atoms with Crippen molar-refractivity contribution in [1.29, 1.82) is 0 Å². The second-order valence-corrected chi connectivity index (χ2v) is 7.61. The maximum absolute atomic E-state index is 12.7. The Balaban J connectivity index is 3.51. The minimum absolute atomic E-state index is 0.0791. The summed E-state index contributed by atoms with van der Waals surface area (Å²) in [6.45, 7) is 2.53. The molecule has 21 heavy (non-hydrogen) atoms. The van der Waals surface area contributed by atoms with E-state index in [2.05, 4.69) is 15.9 Å². The van der Waals surface area contributed by atoms with E-state index < -0.39 is 28.6 Å². The Morgan fingerprint density at radius 3 is 2.48 bits per heavy atom. The Bertz CT molecular complexity index is 647. The van der Waals surface area contributed by atoms with Crippen LogP contribution in [-0.4, -0.2) is 43.5 Å². The molecule has 0 spiro atoms. The Labute approximate surface area is 136 Å². The third kappa shape index (κ3) is 4.09. The molecule has 0 atom stereocenters. The fourth-order valence-corrected chi connectivity index (χ4v) is 4.69. The number of methoxy groups -OCH3 is 1. The normalized spacial score (nSPS) is 12.0. The summed E-state index contributed by atoms with van der Waals surface area (Å²) in [5.74, 6) is -1.16. The molecule has 0 aliphatic heterocycles. The number of carbonyl (C=O) groups is 1. The summed E-state index contributed by atoms with van der Waals surface area (Å²) in [4.78, 5) is 10.7. The zero-order chi connectivity index (χ0) is 16.4. The first-order chi connectivity index (χ1) is 9.61. The second-order valence-electron chi connectivity index (χ2n) is 4.46. The summed E-state index contributed by atoms with van der Waals surface area (Å²) in [5.41, 5.74) is 0. The number of aliphatic carboxylic acids is 1. The number of halogens is 2. The molecular weight excluding hydrogens is 386 g/mol. The minimum atomic E-state index is -4.07. The minimum Gasteiger partial charge on any atom is -0.494 e. The number of hydrogen-bond donors (Lipinski definition) is 1. The fourth-order valence-electron chi connectivity index (χ4n) is 1.73. The Morgan fingerprint density at radius 2 is 2.05 bits per heavy atom. The quantitative estimate of drug-likeness (QED) is 0.793. The third-order valence-electron chi connectivity index (χ3n) is 2.63. The lowest BCUT2D eigenvalue weighted by atomic mass is 10.3. The summed E-state index contributed by atoms with van der Waals surface area (Å²) >= 11 is 9.07. The van der Waals surface area contributed by atoms with Crippen LogP contribution >= 0.6 is 27.5 Å². The molecule has 6 nitrogen and oxygen atoms in total. The van der Waals surface area contributed by atoms with Gasteiger partial charge in [0.25, 0.3) is 0 Å². The van der Waals surface area contributed by atoms with E-state index in [9.17, 15) is 13.2 Å². The summed E-state index contributed by atoms with van der Waals surface area (Å²) in [7, 11) is -2.75. The zero-order valence-electron chi connectivity index (χ0n) is 11.6. The first kappa shape index (κ1) is 18.2. The summed E-state index contributed by atoms with van der Waals surface area (Å²) in [6.07, 6.45) is 0. The van der Waals surface area contributed by atoms with Crippen LogP contribution in [-0.2, 0) is 14.8 Å². The molecule has 0 radical (unpaired) electrons. The third-order valence-corrected chi connectivity index (χ3v) is 5.47. The molecule has 1 aromatic rings. The van der Waals surface area contributed by atoms with Gasteiger partial charge in [0, 0.05) is 11.1 Å². The van der Waals surface area contributed by atoms with Crippen molar-refractivity contribution in [3.8, 4) is 5.75 Å². The number of benzene rings is 1. The van der Waals surface area contributed by atoms with E-state index in [0.29, 0.717) is 4.47 Å². The molecule has 0 aliphatic carbocycles. The van der Waals surface area contributed by atoms with Crippen LogP contribution in [0.25, 0.3) is 0 Å². The largest absolute Gasteiger partial charge is 0.494 e. The van der Waals surface area contributed by atoms with Crippen molar-refractivity contribution < 1.29 is 23.1 Å². The molecule has 1 N–H and O–H groups in total. The van der Waals surface area contributed by atoms with E-state index in [-0.39, 0.29) is 15.7 Å². The van der Waals surface area contributed by atoms with Crippen molar-refractivity contribution >= 4 is 43.5 Å². The van der Waals surface area contributed by atoms with Crippen molar-refractivity contribution in [2.75, 3.05) is 13.7 Å². The fraction of sp³-hybridized carbons (Fsp3) is 0.417. The average molecular weight is 401 g/mol. The zero-order valence-corrected chi connectivity index (χ0v) is 14.8. The molecule has 1 aromatic carbocycles. The molecule has 0 heterocycles. The molecule has 0 bridgehead atoms. The van der Waals surface area contributed by atoms with Crippen LogP contribution in [0, 0.1) is 0 Å². The topological polar surface area (TPSA) is 83.9 Å². The number of ether oxygens (including phenoxy) is 1. The first-order valence-corrected chi connectivity index (χ1v) is 8.49. The van der Waals surface area contributed by atoms with E-state index in [1.807, 2.05) is 0 Å². The second kappa shape index (κ2) is 6.95. The Hall–Kier alpha value is -0.830. The van der Waals surface area contributed by atoms with Gasteiger partial charge in [-0.1, -0.05) is 11.6 Å². The maximum Gasteiger partial charge on any atom is 0.318 e. The van der Waals surface area contributed by atoms with Gasteiger partial charge in [-0.05, 0) is 41.9 Å². The van der Waals surface area contributed by atoms with Gasteiger partial charge in [0.1, 0.15) is 11.4 Å². The SMILES string of the molecule is COc1c(Br)cc(Cl)cc1S(=O)(=O)N(CC(=O)O)C(C)C. The molecule has 9 heteroatoms. The van der Waals surface area contributed by atoms with Crippen molar-refractivity contribution in [3.63, 3.8) is 0 Å². The van der Waals surface area contributed by atoms with Crippen molar-refractivity contribution in [3.05, 3.63) is 21.6 Å². The van der Waals surface area contributed by atoms with Crippen LogP contribution in [0.4, 0.5) is 0 Å². The number of nitrogens with zero attached hydrogens (tertiary/aromatic N) is 1. The number of hydrogen-bond acceptors (Lipinski definition) is 4. The maximum atomic E-state index is 12.7. The lowest BCUT2D eigenvalue weighted by molar-refractivity contribution is -0.137. The average Bonchev–Trinajstić information content (AvgIpc) is 2.34. The van der Waals surface area contributed by atoms with Gasteiger partial charge in [-0.3, -0.25) is 4.79 Å². The van der Waals surface area contributed by atoms with Gasteiger partial charge in [0.2, 0.25) is 10.0 Å². The van der Waals surface area contributed by atoms with Crippen LogP contribution < -0.4 is 4.74 Å². The molecule has 0 fully saturated rings. The van der Waals surface area contributed by atoms with Crippen LogP contribution in [0.15, 0.2) is 21.5 Å². The van der Waals surface area contributed by atoms with E-state index in [1.165, 1.54) is 19.2 Å². The Morgan fingerprint density at radius 1 is 1.48 bits per heavy atom. The molecule has 0 aromatic heterocycles. The van der Waals surface area contributed by atoms with E-state index in [1.54, 1.807) is 13.8 Å². The summed E-state index contributed by atoms with van der Waals surface area (Å²) in [5, 5.41) is 9.10. The standard InChI is InChI=1S/C12H15BrClNO5S/c1-7(2)15(6-11(16)17)21(18,19)10-5-8(14)4-9(13)12(10)20-3/h4-5,7H,6H2,1-3H3,(H,16,17). The predicted molar refractivity (Wildman–Crippen MR) is 82.4 cm³/mol. The van der Waals surface area contributed by atoms with Crippen LogP contribution in [0.1, 0.15) is 13.8 Å².